The van der Waals surface area contributed by atoms with Crippen molar-refractivity contribution < 1.29 is 0 Å². The molecule has 0 amide bonds. The highest BCUT2D eigenvalue weighted by molar-refractivity contribution is 5.92. The number of nitrogens with two attached hydrogens (primary N) is 3. The Morgan fingerprint density at radius 2 is 1.43 bits per heavy atom. The van der Waals surface area contributed by atoms with Crippen LogP contribution >= 0.6 is 0 Å². The molecule has 21 heavy (non-hydrogen) atoms. The van der Waals surface area contributed by atoms with E-state index in [1.54, 1.807) is 0 Å². The van der Waals surface area contributed by atoms with Gasteiger partial charge in [-0.2, -0.15) is 9.97 Å². The monoisotopic (exact) mass is 279 g/mol. The number of azo groups is 1. The second-order valence-electron chi connectivity index (χ2n) is 4.40. The third-order valence-electron chi connectivity index (χ3n) is 2.98. The number of hydrogen-bond acceptors (Lipinski definition) is 7. The van der Waals surface area contributed by atoms with Gasteiger partial charge in [0.25, 0.3) is 0 Å². The van der Waals surface area contributed by atoms with Crippen LogP contribution in [0.3, 0.4) is 0 Å². The Kier molecular flexibility index (Phi) is 3.07. The van der Waals surface area contributed by atoms with Crippen LogP contribution in [-0.4, -0.2) is 9.97 Å². The highest BCUT2D eigenvalue weighted by Gasteiger charge is 2.08. The van der Waals surface area contributed by atoms with Crippen LogP contribution in [0.25, 0.3) is 10.8 Å². The topological polar surface area (TPSA) is 129 Å². The number of hydrogen-bond donors (Lipinski definition) is 3. The van der Waals surface area contributed by atoms with Crippen LogP contribution in [0, 0.1) is 0 Å². The van der Waals surface area contributed by atoms with Gasteiger partial charge in [-0.05, 0) is 11.5 Å². The van der Waals surface area contributed by atoms with E-state index in [4.69, 9.17) is 17.2 Å². The first-order valence-electron chi connectivity index (χ1n) is 6.23. The fraction of sp³-hybridized carbons (Fsp3) is 0. The molecule has 2 aromatic carbocycles. The van der Waals surface area contributed by atoms with Crippen molar-refractivity contribution in [1.82, 2.24) is 9.97 Å². The molecule has 0 unspecified atom stereocenters. The van der Waals surface area contributed by atoms with Gasteiger partial charge in [-0.3, -0.25) is 0 Å². The first kappa shape index (κ1) is 12.8. The Bertz CT molecular complexity index is 813. The zero-order valence-corrected chi connectivity index (χ0v) is 11.1. The maximum Gasteiger partial charge on any atom is 0.224 e. The summed E-state index contributed by atoms with van der Waals surface area (Å²) in [5.41, 5.74) is 17.9. The van der Waals surface area contributed by atoms with Gasteiger partial charge in [0.2, 0.25) is 5.95 Å². The van der Waals surface area contributed by atoms with Crippen molar-refractivity contribution >= 4 is 39.7 Å². The van der Waals surface area contributed by atoms with E-state index in [-0.39, 0.29) is 23.3 Å². The van der Waals surface area contributed by atoms with Gasteiger partial charge in [0.05, 0.1) is 5.69 Å². The maximum atomic E-state index is 5.73. The molecule has 7 nitrogen and oxygen atoms in total. The normalized spacial score (nSPS) is 11.2. The highest BCUT2D eigenvalue weighted by Crippen LogP contribution is 2.31. The van der Waals surface area contributed by atoms with E-state index >= 15 is 0 Å². The minimum Gasteiger partial charge on any atom is -0.382 e. The molecular weight excluding hydrogens is 266 g/mol. The van der Waals surface area contributed by atoms with Gasteiger partial charge in [-0.25, -0.2) is 0 Å². The van der Waals surface area contributed by atoms with Crippen LogP contribution in [0.1, 0.15) is 0 Å². The van der Waals surface area contributed by atoms with Gasteiger partial charge >= 0.3 is 0 Å². The highest BCUT2D eigenvalue weighted by atomic mass is 15.2. The molecule has 3 aromatic rings. The Morgan fingerprint density at radius 1 is 0.762 bits per heavy atom. The van der Waals surface area contributed by atoms with E-state index in [9.17, 15) is 0 Å². The molecular formula is C14H13N7. The van der Waals surface area contributed by atoms with Crippen LogP contribution in [0.4, 0.5) is 29.0 Å². The summed E-state index contributed by atoms with van der Waals surface area (Å²) in [6.07, 6.45) is 0. The summed E-state index contributed by atoms with van der Waals surface area (Å²) < 4.78 is 0. The summed E-state index contributed by atoms with van der Waals surface area (Å²) >= 11 is 0. The van der Waals surface area contributed by atoms with E-state index < -0.39 is 0 Å². The number of aromatic nitrogens is 2. The third kappa shape index (κ3) is 2.44. The standard InChI is InChI=1S/C14H13N7/c15-12-11(13(16)19-14(17)18-12)21-20-10-7-3-5-8-4-1-2-6-9(8)10/h1-7H,(H6,15,16,17,18,19). The van der Waals surface area contributed by atoms with Gasteiger partial charge in [0, 0.05) is 5.39 Å². The first-order valence-corrected chi connectivity index (χ1v) is 6.23. The molecule has 6 N–H and O–H groups in total. The lowest BCUT2D eigenvalue weighted by molar-refractivity contribution is 1.15. The van der Waals surface area contributed by atoms with Crippen LogP contribution in [0.5, 0.6) is 0 Å². The average molecular weight is 279 g/mol. The summed E-state index contributed by atoms with van der Waals surface area (Å²) in [5, 5.41) is 10.3. The number of nitrogen functional groups attached to an aromatic ring is 3. The van der Waals surface area contributed by atoms with Gasteiger partial charge < -0.3 is 17.2 Å². The fourth-order valence-corrected chi connectivity index (χ4v) is 2.01. The number of anilines is 3. The summed E-state index contributed by atoms with van der Waals surface area (Å²) in [4.78, 5) is 7.64. The number of rotatable bonds is 2. The SMILES string of the molecule is Nc1nc(N)c(N=Nc2cccc3ccccc23)c(N)n1. The summed E-state index contributed by atoms with van der Waals surface area (Å²) in [6.45, 7) is 0. The predicted octanol–water partition coefficient (Wildman–Crippen LogP) is 2.79. The molecule has 1 heterocycles. The van der Waals surface area contributed by atoms with Crippen LogP contribution in [0.15, 0.2) is 52.7 Å². The van der Waals surface area contributed by atoms with Gasteiger partial charge in [0.15, 0.2) is 17.3 Å². The zero-order valence-electron chi connectivity index (χ0n) is 11.1. The van der Waals surface area contributed by atoms with E-state index in [2.05, 4.69) is 20.2 Å². The molecule has 0 aliphatic heterocycles. The van der Waals surface area contributed by atoms with Crippen LogP contribution in [-0.2, 0) is 0 Å². The van der Waals surface area contributed by atoms with Crippen LogP contribution in [0.2, 0.25) is 0 Å². The number of fused-ring (bicyclic) bond motifs is 1. The third-order valence-corrected chi connectivity index (χ3v) is 2.98. The lowest BCUT2D eigenvalue weighted by Gasteiger charge is -2.03. The van der Waals surface area contributed by atoms with Gasteiger partial charge in [0.1, 0.15) is 0 Å². The van der Waals surface area contributed by atoms with Gasteiger partial charge in [-0.1, -0.05) is 36.4 Å². The quantitative estimate of drug-likeness (QED) is 0.621. The first-order chi connectivity index (χ1) is 10.1. The molecule has 104 valence electrons. The Balaban J connectivity index is 2.07. The fourth-order valence-electron chi connectivity index (χ4n) is 2.01. The second kappa shape index (κ2) is 5.04. The minimum atomic E-state index is 0.00844. The average Bonchev–Trinajstić information content (AvgIpc) is 2.46. The zero-order chi connectivity index (χ0) is 14.8. The number of nitrogens with zero attached hydrogens (tertiary/aromatic N) is 4. The molecule has 0 saturated heterocycles. The largest absolute Gasteiger partial charge is 0.382 e. The number of benzene rings is 2. The van der Waals surface area contributed by atoms with Crippen molar-refractivity contribution in [1.29, 1.82) is 0 Å². The molecule has 0 spiro atoms. The van der Waals surface area contributed by atoms with E-state index in [0.717, 1.165) is 10.8 Å². The molecule has 0 saturated carbocycles. The Morgan fingerprint density at radius 3 is 2.19 bits per heavy atom. The molecule has 7 heteroatoms. The summed E-state index contributed by atoms with van der Waals surface area (Å²) in [6, 6.07) is 13.6. The smallest absolute Gasteiger partial charge is 0.224 e. The van der Waals surface area contributed by atoms with Crippen molar-refractivity contribution in [2.45, 2.75) is 0 Å². The van der Waals surface area contributed by atoms with Crippen molar-refractivity contribution in [2.75, 3.05) is 17.2 Å². The summed E-state index contributed by atoms with van der Waals surface area (Å²) in [5.74, 6) is 0.210. The van der Waals surface area contributed by atoms with Crippen LogP contribution < -0.4 is 17.2 Å². The lowest BCUT2D eigenvalue weighted by Crippen LogP contribution is -2.03. The predicted molar refractivity (Wildman–Crippen MR) is 83.4 cm³/mol. The molecule has 0 atom stereocenters. The van der Waals surface area contributed by atoms with Gasteiger partial charge in [-0.15, -0.1) is 10.2 Å². The minimum absolute atomic E-state index is 0.00844. The van der Waals surface area contributed by atoms with Crippen molar-refractivity contribution in [3.05, 3.63) is 42.5 Å². The van der Waals surface area contributed by atoms with E-state index in [1.165, 1.54) is 0 Å². The Hall–Kier alpha value is -3.22. The molecule has 3 rings (SSSR count). The lowest BCUT2D eigenvalue weighted by atomic mass is 10.1. The van der Waals surface area contributed by atoms with E-state index in [1.807, 2.05) is 42.5 Å². The second-order valence-corrected chi connectivity index (χ2v) is 4.40. The molecule has 0 fully saturated rings. The Labute approximate surface area is 120 Å². The molecule has 0 bridgehead atoms. The maximum absolute atomic E-state index is 5.73. The van der Waals surface area contributed by atoms with Crippen molar-refractivity contribution in [3.8, 4) is 0 Å². The van der Waals surface area contributed by atoms with E-state index in [0.29, 0.717) is 5.69 Å². The van der Waals surface area contributed by atoms with Crippen molar-refractivity contribution in [2.24, 2.45) is 10.2 Å². The molecule has 0 aliphatic rings. The van der Waals surface area contributed by atoms with Crippen molar-refractivity contribution in [3.63, 3.8) is 0 Å². The summed E-state index contributed by atoms with van der Waals surface area (Å²) in [7, 11) is 0. The molecule has 1 aromatic heterocycles. The molecule has 0 radical (unpaired) electrons. The molecule has 0 aliphatic carbocycles.